The maximum absolute atomic E-state index is 14.5. The SMILES string of the molecule is CCCN1CN(CCOC(=O)CCC(=O)NC(CCC(=O)NCCOCCOCCOC2OC(COC(C)=O)C(OC(C)=O)C(OC(C)=O)C2NC(C)=O)(CCC(=O)NCCOCCOCCOC2OC(COC(C)=O)C(OC(C)=O)C(OC(C)=O)C2NC(C)=O)CC(=O)NCCOCCOCCOC2OC(COC(C)=O)C(OC(C)=O)C(OC(C)=O)C2NC(C)=O)CN(CCOP(OCCC#N)N(C(C)C)C(C)C)C1. The van der Waals surface area contributed by atoms with Crippen LogP contribution in [0.15, 0.2) is 0 Å². The average molecular weight is 2110 g/mol. The van der Waals surface area contributed by atoms with Gasteiger partial charge in [-0.15, -0.1) is 0 Å². The van der Waals surface area contributed by atoms with Gasteiger partial charge in [0.15, 0.2) is 55.5 Å². The zero-order chi connectivity index (χ0) is 108. The normalized spacial score (nSPS) is 22.3. The monoisotopic (exact) mass is 2110 g/mol. The number of hydrogen-bond acceptors (Lipinski definition) is 46. The van der Waals surface area contributed by atoms with E-state index in [1.54, 1.807) is 0 Å². The number of nitriles is 1. The molecule has 0 radical (unpaired) electrons. The molecule has 4 heterocycles. The third-order valence-electron chi connectivity index (χ3n) is 21.4. The van der Waals surface area contributed by atoms with Crippen molar-refractivity contribution in [2.24, 2.45) is 0 Å². The van der Waals surface area contributed by atoms with Crippen molar-refractivity contribution in [3.05, 3.63) is 0 Å². The number of esters is 10. The summed E-state index contributed by atoms with van der Waals surface area (Å²) in [6.07, 6.45) is -17.4. The summed E-state index contributed by atoms with van der Waals surface area (Å²) >= 11 is 0. The summed E-state index contributed by atoms with van der Waals surface area (Å²) in [5.74, 6) is -11.9. The number of rotatable bonds is 72. The Morgan fingerprint density at radius 3 is 1.01 bits per heavy atom. The van der Waals surface area contributed by atoms with Crippen LogP contribution in [0.1, 0.15) is 175 Å². The lowest BCUT2D eigenvalue weighted by molar-refractivity contribution is -0.279. The van der Waals surface area contributed by atoms with Crippen molar-refractivity contribution in [2.45, 2.75) is 285 Å². The van der Waals surface area contributed by atoms with Gasteiger partial charge in [-0.25, -0.2) is 4.67 Å². The van der Waals surface area contributed by atoms with Crippen LogP contribution in [0.3, 0.4) is 0 Å². The standard InChI is InChI=1S/C92H153N12O41P/c1-18-30-101-55-102(57-103(56-101)32-38-136-146(135-33-19-26-93)104(58(2)3)59(4)5)31-37-128-79(121)21-20-77(119)100-92(51-78(120)96-29-36-124-41-44-127-47-50-131-91-82(99-62(8)107)88(142-71(17)116)85(139-68(14)113)74(145-91)54-134-65(11)110,24-22-75(117)94-27-34-122-39-42-125-45-48-129-89-80(97-60(6)105)86(140-69(15)114)83(137-66(12)111)72(143-89)52-132-63(9)108)25-23-76(118)95-28-35-123-40-43-126-46-49-130-90-81(98-61(7)106)87(141-70(16)115)84(138-67(13)112)73(144-90)53-133-64(10)109/h58-59,72-74,80-91H,18-25,27-57H2,1-17H3,(H,94,117)(H,95,118)(H,96,120)(H,97,105)(H,98,106)(H,99,107)(H,100,119). The maximum atomic E-state index is 14.5. The van der Waals surface area contributed by atoms with Crippen molar-refractivity contribution in [1.29, 1.82) is 5.26 Å². The molecule has 0 saturated carbocycles. The number of nitrogens with zero attached hydrogens (tertiary/aromatic N) is 5. The fourth-order valence-corrected chi connectivity index (χ4v) is 17.2. The number of nitrogens with one attached hydrogen (secondary N) is 7. The smallest absolute Gasteiger partial charge is 0.306 e. The molecule has 53 nitrogen and oxygen atoms in total. The zero-order valence-electron chi connectivity index (χ0n) is 86.8. The Morgan fingerprint density at radius 2 is 0.685 bits per heavy atom. The molecular formula is C92H153N12O41P. The van der Waals surface area contributed by atoms with Crippen LogP contribution in [-0.4, -0.2) is 428 Å². The molecule has 832 valence electrons. The molecule has 0 aliphatic carbocycles. The van der Waals surface area contributed by atoms with Crippen molar-refractivity contribution in [2.75, 3.05) is 198 Å². The minimum Gasteiger partial charge on any atom is -0.464 e. The molecule has 7 amide bonds. The van der Waals surface area contributed by atoms with Crippen LogP contribution in [0.2, 0.25) is 0 Å². The van der Waals surface area contributed by atoms with Gasteiger partial charge in [0.2, 0.25) is 41.4 Å². The number of carbonyl (C=O) groups is 17. The van der Waals surface area contributed by atoms with Crippen molar-refractivity contribution in [3.63, 3.8) is 0 Å². The Hall–Kier alpha value is -9.81. The molecule has 16 unspecified atom stereocenters. The lowest BCUT2D eigenvalue weighted by Gasteiger charge is -2.44. The van der Waals surface area contributed by atoms with Gasteiger partial charge in [0.25, 0.3) is 8.53 Å². The van der Waals surface area contributed by atoms with E-state index in [2.05, 4.69) is 97.3 Å². The third-order valence-corrected chi connectivity index (χ3v) is 23.5. The fraction of sp³-hybridized carbons (Fsp3) is 0.804. The Bertz CT molecular complexity index is 3950. The first kappa shape index (κ1) is 128. The van der Waals surface area contributed by atoms with E-state index in [9.17, 15) is 86.8 Å². The summed E-state index contributed by atoms with van der Waals surface area (Å²) in [5.41, 5.74) is -1.69. The van der Waals surface area contributed by atoms with Gasteiger partial charge < -0.3 is 150 Å². The highest BCUT2D eigenvalue weighted by Gasteiger charge is 2.55. The van der Waals surface area contributed by atoms with E-state index in [1.807, 2.05) is 0 Å². The molecule has 4 saturated heterocycles. The summed E-state index contributed by atoms with van der Waals surface area (Å²) < 4.78 is 139. The fourth-order valence-electron chi connectivity index (χ4n) is 15.7. The predicted molar refractivity (Wildman–Crippen MR) is 504 cm³/mol. The minimum atomic E-state index is -1.69. The molecule has 0 aromatic heterocycles. The van der Waals surface area contributed by atoms with Crippen molar-refractivity contribution in [1.82, 2.24) is 56.6 Å². The molecular weight excluding hydrogens is 1960 g/mol. The van der Waals surface area contributed by atoms with Crippen LogP contribution in [0.4, 0.5) is 0 Å². The lowest BCUT2D eigenvalue weighted by atomic mass is 9.83. The Balaban J connectivity index is 1.53. The van der Waals surface area contributed by atoms with Crippen LogP contribution >= 0.6 is 8.53 Å². The summed E-state index contributed by atoms with van der Waals surface area (Å²) in [7, 11) is -1.48. The molecule has 0 aromatic carbocycles. The van der Waals surface area contributed by atoms with E-state index in [0.717, 1.165) is 75.3 Å². The first-order valence-electron chi connectivity index (χ1n) is 48.6. The highest BCUT2D eigenvalue weighted by molar-refractivity contribution is 7.44. The Morgan fingerprint density at radius 1 is 0.370 bits per heavy atom. The summed E-state index contributed by atoms with van der Waals surface area (Å²) in [6.45, 7) is 25.2. The summed E-state index contributed by atoms with van der Waals surface area (Å²) in [4.78, 5) is 224. The lowest BCUT2D eigenvalue weighted by Crippen LogP contribution is -2.66. The van der Waals surface area contributed by atoms with Gasteiger partial charge in [0.1, 0.15) is 62.9 Å². The van der Waals surface area contributed by atoms with Crippen LogP contribution in [0.25, 0.3) is 0 Å². The molecule has 54 heteroatoms. The molecule has 4 fully saturated rings. The van der Waals surface area contributed by atoms with Gasteiger partial charge >= 0.3 is 59.7 Å². The predicted octanol–water partition coefficient (Wildman–Crippen LogP) is -0.924. The van der Waals surface area contributed by atoms with Gasteiger partial charge in [-0.05, 0) is 47.0 Å². The Kier molecular flexibility index (Phi) is 63.1. The van der Waals surface area contributed by atoms with Gasteiger partial charge in [-0.3, -0.25) is 96.2 Å². The molecule has 0 aromatic rings. The highest BCUT2D eigenvalue weighted by atomic mass is 31.2. The van der Waals surface area contributed by atoms with Crippen molar-refractivity contribution in [3.8, 4) is 6.07 Å². The first-order valence-corrected chi connectivity index (χ1v) is 49.7. The second kappa shape index (κ2) is 71.8. The molecule has 7 N–H and O–H groups in total. The van der Waals surface area contributed by atoms with Gasteiger partial charge in [-0.1, -0.05) is 6.92 Å². The molecule has 4 aliphatic rings. The van der Waals surface area contributed by atoms with E-state index >= 15 is 0 Å². The topological polar surface area (TPSA) is 633 Å². The van der Waals surface area contributed by atoms with E-state index < -0.39 is 246 Å². The molecule has 4 rings (SSSR count). The molecule has 146 heavy (non-hydrogen) atoms. The summed E-state index contributed by atoms with van der Waals surface area (Å²) in [5, 5.41) is 28.3. The minimum absolute atomic E-state index is 0.00163. The van der Waals surface area contributed by atoms with E-state index in [4.69, 9.17) is 113 Å². The maximum Gasteiger partial charge on any atom is 0.306 e. The highest BCUT2D eigenvalue weighted by Crippen LogP contribution is 2.46. The molecule has 4 aliphatic heterocycles. The molecule has 0 spiro atoms. The van der Waals surface area contributed by atoms with Crippen LogP contribution < -0.4 is 37.2 Å². The zero-order valence-corrected chi connectivity index (χ0v) is 87.7. The number of ether oxygens (including phenoxy) is 22. The quantitative estimate of drug-likeness (QED) is 0.0167. The van der Waals surface area contributed by atoms with Crippen LogP contribution in [0.5, 0.6) is 0 Å². The van der Waals surface area contributed by atoms with E-state index in [0.29, 0.717) is 39.7 Å². The summed E-state index contributed by atoms with van der Waals surface area (Å²) in [6, 6.07) is -1.34. The largest absolute Gasteiger partial charge is 0.464 e. The second-order valence-electron chi connectivity index (χ2n) is 34.7. The van der Waals surface area contributed by atoms with E-state index in [-0.39, 0.29) is 176 Å². The average Bonchev–Trinajstić information content (AvgIpc) is 0.791. The molecule has 16 atom stereocenters. The number of amides is 7. The van der Waals surface area contributed by atoms with E-state index in [1.165, 1.54) is 20.8 Å². The van der Waals surface area contributed by atoms with Gasteiger partial charge in [-0.2, -0.15) is 5.26 Å². The van der Waals surface area contributed by atoms with Gasteiger partial charge in [0.05, 0.1) is 151 Å². The van der Waals surface area contributed by atoms with Crippen molar-refractivity contribution >= 4 is 110 Å². The molecule has 0 bridgehead atoms. The van der Waals surface area contributed by atoms with Crippen LogP contribution in [0, 0.1) is 11.3 Å². The van der Waals surface area contributed by atoms with Gasteiger partial charge in [0, 0.05) is 166 Å². The first-order chi connectivity index (χ1) is 69.4. The number of carbonyl (C=O) groups excluding carboxylic acids is 17. The van der Waals surface area contributed by atoms with Crippen LogP contribution in [-0.2, 0) is 195 Å². The van der Waals surface area contributed by atoms with Crippen molar-refractivity contribution < 1.29 is 195 Å². The number of hydrogen-bond donors (Lipinski definition) is 7. The third kappa shape index (κ3) is 53.4. The Labute approximate surface area is 851 Å². The second-order valence-corrected chi connectivity index (χ2v) is 36.2.